The molecule has 0 spiro atoms. The molecule has 1 N–H and O–H groups in total. The summed E-state index contributed by atoms with van der Waals surface area (Å²) in [7, 11) is 2.03. The number of hydrogen-bond donors (Lipinski definition) is 1. The second-order valence-corrected chi connectivity index (χ2v) is 8.50. The van der Waals surface area contributed by atoms with E-state index in [4.69, 9.17) is 11.6 Å². The van der Waals surface area contributed by atoms with Crippen LogP contribution in [-0.4, -0.2) is 39.1 Å². The number of benzene rings is 1. The van der Waals surface area contributed by atoms with Crippen molar-refractivity contribution in [2.75, 3.05) is 18.0 Å². The lowest BCUT2D eigenvalue weighted by molar-refractivity contribution is 0.198. The van der Waals surface area contributed by atoms with Crippen molar-refractivity contribution in [1.82, 2.24) is 14.8 Å². The molecule has 1 aliphatic carbocycles. The van der Waals surface area contributed by atoms with Crippen LogP contribution in [0.4, 0.5) is 5.69 Å². The molecule has 2 heterocycles. The van der Waals surface area contributed by atoms with Gasteiger partial charge in [-0.25, -0.2) is 0 Å². The molecule has 2 fully saturated rings. The normalized spacial score (nSPS) is 21.3. The Balaban J connectivity index is 1.65. The van der Waals surface area contributed by atoms with Crippen LogP contribution in [0.2, 0.25) is 5.02 Å². The second-order valence-electron chi connectivity index (χ2n) is 8.10. The summed E-state index contributed by atoms with van der Waals surface area (Å²) in [5.41, 5.74) is 3.21. The van der Waals surface area contributed by atoms with Gasteiger partial charge in [-0.05, 0) is 56.4 Å². The molecule has 1 aliphatic heterocycles. The summed E-state index contributed by atoms with van der Waals surface area (Å²) in [5, 5.41) is 19.6. The van der Waals surface area contributed by atoms with E-state index in [0.29, 0.717) is 11.6 Å². The Morgan fingerprint density at radius 2 is 2.14 bits per heavy atom. The minimum Gasteiger partial charge on any atom is -0.391 e. The van der Waals surface area contributed by atoms with Gasteiger partial charge in [0.1, 0.15) is 5.82 Å². The van der Waals surface area contributed by atoms with Crippen LogP contribution in [0.3, 0.4) is 0 Å². The van der Waals surface area contributed by atoms with E-state index in [1.165, 1.54) is 5.57 Å². The lowest BCUT2D eigenvalue weighted by Gasteiger charge is -2.19. The summed E-state index contributed by atoms with van der Waals surface area (Å²) in [6, 6.07) is 6.04. The van der Waals surface area contributed by atoms with Gasteiger partial charge in [-0.3, -0.25) is 0 Å². The topological polar surface area (TPSA) is 54.2 Å². The van der Waals surface area contributed by atoms with Crippen molar-refractivity contribution < 1.29 is 5.11 Å². The summed E-state index contributed by atoms with van der Waals surface area (Å²) >= 11 is 6.66. The van der Waals surface area contributed by atoms with Crippen molar-refractivity contribution in [2.24, 2.45) is 7.05 Å². The van der Waals surface area contributed by atoms with Crippen LogP contribution in [0.1, 0.15) is 45.4 Å². The number of rotatable bonds is 6. The minimum absolute atomic E-state index is 0.0292. The van der Waals surface area contributed by atoms with Gasteiger partial charge in [-0.2, -0.15) is 0 Å². The molecule has 2 aliphatic rings. The summed E-state index contributed by atoms with van der Waals surface area (Å²) in [5.74, 6) is 1.79. The van der Waals surface area contributed by atoms with Crippen LogP contribution in [0.15, 0.2) is 42.0 Å². The molecule has 1 aromatic carbocycles. The summed E-state index contributed by atoms with van der Waals surface area (Å²) in [6.45, 7) is 5.75. The van der Waals surface area contributed by atoms with Crippen LogP contribution >= 0.6 is 11.6 Å². The highest BCUT2D eigenvalue weighted by Gasteiger charge is 2.50. The monoisotopic (exact) mass is 412 g/mol. The number of β-amino-alcohol motifs (C(OH)–C–C–N with tert-alkyl or cyclic N) is 1. The molecule has 1 saturated heterocycles. The highest BCUT2D eigenvalue weighted by Crippen LogP contribution is 2.54. The molecule has 1 aromatic heterocycles. The molecular weight excluding hydrogens is 384 g/mol. The predicted molar refractivity (Wildman–Crippen MR) is 118 cm³/mol. The molecular formula is C23H29ClN4O. The number of anilines is 1. The number of halogens is 1. The Kier molecular flexibility index (Phi) is 5.54. The first kappa shape index (κ1) is 20.2. The fourth-order valence-electron chi connectivity index (χ4n) is 4.38. The van der Waals surface area contributed by atoms with Gasteiger partial charge in [0, 0.05) is 31.4 Å². The number of nitrogens with zero attached hydrogens (tertiary/aromatic N) is 4. The van der Waals surface area contributed by atoms with Gasteiger partial charge in [0.05, 0.1) is 16.5 Å². The number of aliphatic hydroxyl groups is 1. The maximum absolute atomic E-state index is 9.80. The fraction of sp³-hybridized carbons (Fsp3) is 0.478. The van der Waals surface area contributed by atoms with E-state index in [0.717, 1.165) is 55.1 Å². The van der Waals surface area contributed by atoms with E-state index >= 15 is 0 Å². The largest absolute Gasteiger partial charge is 0.391 e. The molecule has 0 radical (unpaired) electrons. The van der Waals surface area contributed by atoms with E-state index in [1.807, 2.05) is 19.2 Å². The minimum atomic E-state index is -0.257. The second kappa shape index (κ2) is 7.96. The molecule has 0 bridgehead atoms. The third kappa shape index (κ3) is 3.62. The first-order valence-corrected chi connectivity index (χ1v) is 10.8. The first-order valence-electron chi connectivity index (χ1n) is 10.5. The molecule has 29 heavy (non-hydrogen) atoms. The van der Waals surface area contributed by atoms with Crippen LogP contribution < -0.4 is 4.90 Å². The molecule has 1 unspecified atom stereocenters. The molecule has 6 heteroatoms. The number of aromatic nitrogens is 3. The molecule has 2 aromatic rings. The van der Waals surface area contributed by atoms with Gasteiger partial charge in [0.15, 0.2) is 5.82 Å². The Hall–Kier alpha value is -2.11. The van der Waals surface area contributed by atoms with E-state index in [2.05, 4.69) is 57.8 Å². The first-order chi connectivity index (χ1) is 14.0. The SMILES string of the molecule is C/C=C(\C=C/CC)C1(c2nnc(-c3ccc(N4CCC(O)C4)cc3Cl)n2C)CC1. The van der Waals surface area contributed by atoms with Gasteiger partial charge >= 0.3 is 0 Å². The molecule has 4 rings (SSSR count). The average Bonchev–Trinajstić information content (AvgIpc) is 3.23. The third-order valence-corrected chi connectivity index (χ3v) is 6.48. The standard InChI is InChI=1S/C23H29ClN4O/c1-4-6-7-16(5-2)23(11-12-23)22-26-25-21(27(22)3)19-9-8-17(14-20(19)24)28-13-10-18(29)15-28/h5-9,14,18,29H,4,10-13,15H2,1-3H3/b7-6-,16-5+. The summed E-state index contributed by atoms with van der Waals surface area (Å²) in [6.07, 6.45) is 10.4. The highest BCUT2D eigenvalue weighted by molar-refractivity contribution is 6.33. The zero-order valence-corrected chi connectivity index (χ0v) is 18.2. The molecule has 0 amide bonds. The van der Waals surface area contributed by atoms with Crippen LogP contribution in [0.25, 0.3) is 11.4 Å². The van der Waals surface area contributed by atoms with Crippen molar-refractivity contribution in [3.8, 4) is 11.4 Å². The molecule has 1 saturated carbocycles. The number of aliphatic hydroxyl groups excluding tert-OH is 1. The summed E-state index contributed by atoms with van der Waals surface area (Å²) in [4.78, 5) is 2.17. The van der Waals surface area contributed by atoms with Gasteiger partial charge in [0.2, 0.25) is 0 Å². The Morgan fingerprint density at radius 3 is 2.72 bits per heavy atom. The van der Waals surface area contributed by atoms with Gasteiger partial charge in [-0.1, -0.05) is 36.8 Å². The van der Waals surface area contributed by atoms with Gasteiger partial charge in [0.25, 0.3) is 0 Å². The van der Waals surface area contributed by atoms with Crippen LogP contribution in [-0.2, 0) is 12.5 Å². The number of allylic oxidation sites excluding steroid dienone is 4. The molecule has 5 nitrogen and oxygen atoms in total. The maximum atomic E-state index is 9.80. The van der Waals surface area contributed by atoms with E-state index in [1.54, 1.807) is 0 Å². The predicted octanol–water partition coefficient (Wildman–Crippen LogP) is 4.65. The maximum Gasteiger partial charge on any atom is 0.165 e. The highest BCUT2D eigenvalue weighted by atomic mass is 35.5. The van der Waals surface area contributed by atoms with Crippen LogP contribution in [0, 0.1) is 0 Å². The zero-order valence-electron chi connectivity index (χ0n) is 17.4. The smallest absolute Gasteiger partial charge is 0.165 e. The lowest BCUT2D eigenvalue weighted by atomic mass is 9.93. The zero-order chi connectivity index (χ0) is 20.6. The Bertz CT molecular complexity index is 958. The molecule has 1 atom stereocenters. The van der Waals surface area contributed by atoms with Crippen molar-refractivity contribution in [2.45, 2.75) is 51.0 Å². The lowest BCUT2D eigenvalue weighted by Crippen LogP contribution is -2.21. The Morgan fingerprint density at radius 1 is 1.34 bits per heavy atom. The van der Waals surface area contributed by atoms with E-state index in [9.17, 15) is 5.11 Å². The van der Waals surface area contributed by atoms with Crippen molar-refractivity contribution in [1.29, 1.82) is 0 Å². The molecule has 154 valence electrons. The van der Waals surface area contributed by atoms with Crippen LogP contribution in [0.5, 0.6) is 0 Å². The van der Waals surface area contributed by atoms with Gasteiger partial charge < -0.3 is 14.6 Å². The van der Waals surface area contributed by atoms with E-state index in [-0.39, 0.29) is 11.5 Å². The van der Waals surface area contributed by atoms with Crippen molar-refractivity contribution in [3.05, 3.63) is 52.8 Å². The van der Waals surface area contributed by atoms with E-state index < -0.39 is 0 Å². The number of hydrogen-bond acceptors (Lipinski definition) is 4. The van der Waals surface area contributed by atoms with Crippen molar-refractivity contribution in [3.63, 3.8) is 0 Å². The van der Waals surface area contributed by atoms with Gasteiger partial charge in [-0.15, -0.1) is 10.2 Å². The fourth-order valence-corrected chi connectivity index (χ4v) is 4.64. The average molecular weight is 413 g/mol. The van der Waals surface area contributed by atoms with Crippen molar-refractivity contribution >= 4 is 17.3 Å². The summed E-state index contributed by atoms with van der Waals surface area (Å²) < 4.78 is 2.09. The Labute approximate surface area is 177 Å². The third-order valence-electron chi connectivity index (χ3n) is 6.17. The quantitative estimate of drug-likeness (QED) is 0.701.